The lowest BCUT2D eigenvalue weighted by molar-refractivity contribution is 0.114. The lowest BCUT2D eigenvalue weighted by Gasteiger charge is -2.09. The molecule has 0 aromatic rings. The normalized spacial score (nSPS) is 12.7. The number of nitrogens with one attached hydrogen (secondary N) is 1. The summed E-state index contributed by atoms with van der Waals surface area (Å²) < 4.78 is 4.84. The fourth-order valence-corrected chi connectivity index (χ4v) is 0.844. The molecule has 0 rings (SSSR count). The molecule has 0 spiro atoms. The zero-order valence-electron chi connectivity index (χ0n) is 8.54. The summed E-state index contributed by atoms with van der Waals surface area (Å²) in [7, 11) is 0. The molecular formula is C9H19NO3. The van der Waals surface area contributed by atoms with Crippen molar-refractivity contribution in [2.45, 2.75) is 45.8 Å². The molecule has 0 aromatic carbocycles. The predicted molar refractivity (Wildman–Crippen MR) is 50.5 cm³/mol. The smallest absolute Gasteiger partial charge is 0.407 e. The summed E-state index contributed by atoms with van der Waals surface area (Å²) in [5.74, 6) is 0. The molecule has 13 heavy (non-hydrogen) atoms. The zero-order valence-corrected chi connectivity index (χ0v) is 8.54. The molecule has 0 aliphatic rings. The average molecular weight is 189 g/mol. The first-order valence-electron chi connectivity index (χ1n) is 4.65. The minimum atomic E-state index is -0.388. The molecule has 1 unspecified atom stereocenters. The van der Waals surface area contributed by atoms with Crippen LogP contribution in [0.15, 0.2) is 0 Å². The molecule has 1 atom stereocenters. The highest BCUT2D eigenvalue weighted by Crippen LogP contribution is 1.94. The molecule has 2 N–H and O–H groups in total. The lowest BCUT2D eigenvalue weighted by atomic mass is 10.2. The van der Waals surface area contributed by atoms with Crippen LogP contribution in [0.5, 0.6) is 0 Å². The van der Waals surface area contributed by atoms with E-state index in [1.54, 1.807) is 20.8 Å². The number of carbonyl (C=O) groups excluding carboxylic acids is 1. The Morgan fingerprint density at radius 2 is 2.08 bits per heavy atom. The Hall–Kier alpha value is -0.770. The molecule has 0 bridgehead atoms. The fourth-order valence-electron chi connectivity index (χ4n) is 0.844. The molecule has 4 nitrogen and oxygen atoms in total. The molecular weight excluding hydrogens is 170 g/mol. The third-order valence-electron chi connectivity index (χ3n) is 1.41. The minimum Gasteiger partial charge on any atom is -0.447 e. The first-order chi connectivity index (χ1) is 6.02. The first-order valence-corrected chi connectivity index (χ1v) is 4.65. The van der Waals surface area contributed by atoms with Gasteiger partial charge in [0.25, 0.3) is 0 Å². The molecule has 4 heteroatoms. The topological polar surface area (TPSA) is 58.6 Å². The molecule has 1 amide bonds. The molecule has 0 aliphatic heterocycles. The van der Waals surface area contributed by atoms with E-state index in [0.717, 1.165) is 6.42 Å². The van der Waals surface area contributed by atoms with E-state index in [1.807, 2.05) is 0 Å². The van der Waals surface area contributed by atoms with E-state index in [4.69, 9.17) is 9.84 Å². The van der Waals surface area contributed by atoms with Crippen molar-refractivity contribution in [1.29, 1.82) is 0 Å². The van der Waals surface area contributed by atoms with Crippen LogP contribution in [0, 0.1) is 0 Å². The summed E-state index contributed by atoms with van der Waals surface area (Å²) in [5, 5.41) is 11.5. The number of carbonyl (C=O) groups is 1. The van der Waals surface area contributed by atoms with Gasteiger partial charge in [-0.3, -0.25) is 0 Å². The van der Waals surface area contributed by atoms with Gasteiger partial charge in [0, 0.05) is 6.54 Å². The lowest BCUT2D eigenvalue weighted by Crippen LogP contribution is -2.28. The van der Waals surface area contributed by atoms with Gasteiger partial charge in [0.1, 0.15) is 0 Å². The summed E-state index contributed by atoms with van der Waals surface area (Å²) in [4.78, 5) is 10.9. The second-order valence-electron chi connectivity index (χ2n) is 3.37. The van der Waals surface area contributed by atoms with Gasteiger partial charge in [-0.15, -0.1) is 0 Å². The van der Waals surface area contributed by atoms with Gasteiger partial charge < -0.3 is 15.2 Å². The highest BCUT2D eigenvalue weighted by molar-refractivity contribution is 5.67. The van der Waals surface area contributed by atoms with Crippen LogP contribution in [0.2, 0.25) is 0 Å². The largest absolute Gasteiger partial charge is 0.447 e. The van der Waals surface area contributed by atoms with Crippen LogP contribution >= 0.6 is 0 Å². The van der Waals surface area contributed by atoms with Crippen molar-refractivity contribution in [3.8, 4) is 0 Å². The van der Waals surface area contributed by atoms with Gasteiger partial charge in [-0.05, 0) is 33.6 Å². The van der Waals surface area contributed by atoms with Crippen LogP contribution in [-0.2, 0) is 4.74 Å². The van der Waals surface area contributed by atoms with Crippen molar-refractivity contribution >= 4 is 6.09 Å². The van der Waals surface area contributed by atoms with Gasteiger partial charge in [-0.2, -0.15) is 0 Å². The van der Waals surface area contributed by atoms with Crippen LogP contribution in [0.25, 0.3) is 0 Å². The van der Waals surface area contributed by atoms with Gasteiger partial charge in [-0.25, -0.2) is 4.79 Å². The highest BCUT2D eigenvalue weighted by atomic mass is 16.6. The van der Waals surface area contributed by atoms with Gasteiger partial charge in [0.15, 0.2) is 0 Å². The van der Waals surface area contributed by atoms with Crippen LogP contribution in [0.4, 0.5) is 4.79 Å². The van der Waals surface area contributed by atoms with Crippen molar-refractivity contribution < 1.29 is 14.6 Å². The Morgan fingerprint density at radius 3 is 2.54 bits per heavy atom. The number of aliphatic hydroxyl groups is 1. The second-order valence-corrected chi connectivity index (χ2v) is 3.37. The van der Waals surface area contributed by atoms with Gasteiger partial charge in [0.2, 0.25) is 0 Å². The zero-order chi connectivity index (χ0) is 10.3. The van der Waals surface area contributed by atoms with E-state index in [1.165, 1.54) is 0 Å². The summed E-state index contributed by atoms with van der Waals surface area (Å²) in [5.41, 5.74) is 0. The number of hydrogen-bond acceptors (Lipinski definition) is 3. The van der Waals surface area contributed by atoms with Crippen LogP contribution in [0.3, 0.4) is 0 Å². The number of ether oxygens (including phenoxy) is 1. The number of hydrogen-bond donors (Lipinski definition) is 2. The first kappa shape index (κ1) is 12.2. The monoisotopic (exact) mass is 189 g/mol. The van der Waals surface area contributed by atoms with E-state index in [9.17, 15) is 4.79 Å². The minimum absolute atomic E-state index is 0.0863. The van der Waals surface area contributed by atoms with Crippen LogP contribution in [0.1, 0.15) is 33.6 Å². The Balaban J connectivity index is 3.27. The maximum absolute atomic E-state index is 10.9. The van der Waals surface area contributed by atoms with Crippen LogP contribution < -0.4 is 5.32 Å². The van der Waals surface area contributed by atoms with Crippen molar-refractivity contribution in [3.63, 3.8) is 0 Å². The Morgan fingerprint density at radius 1 is 1.46 bits per heavy atom. The number of amides is 1. The third-order valence-corrected chi connectivity index (χ3v) is 1.41. The SMILES string of the molecule is CC(O)CCCNC(=O)OC(C)C. The summed E-state index contributed by atoms with van der Waals surface area (Å²) in [6.07, 6.45) is 0.688. The standard InChI is InChI=1S/C9H19NO3/c1-7(2)13-9(12)10-6-4-5-8(3)11/h7-8,11H,4-6H2,1-3H3,(H,10,12). The number of rotatable bonds is 5. The van der Waals surface area contributed by atoms with E-state index < -0.39 is 0 Å². The van der Waals surface area contributed by atoms with E-state index >= 15 is 0 Å². The fraction of sp³-hybridized carbons (Fsp3) is 0.889. The molecule has 0 saturated heterocycles. The Kier molecular flexibility index (Phi) is 6.32. The predicted octanol–water partition coefficient (Wildman–Crippen LogP) is 1.28. The quantitative estimate of drug-likeness (QED) is 0.640. The number of alkyl carbamates (subject to hydrolysis) is 1. The molecule has 0 heterocycles. The molecule has 0 aromatic heterocycles. The van der Waals surface area contributed by atoms with E-state index in [2.05, 4.69) is 5.32 Å². The molecule has 78 valence electrons. The Labute approximate surface area is 79.3 Å². The molecule has 0 saturated carbocycles. The van der Waals surface area contributed by atoms with Crippen LogP contribution in [-0.4, -0.2) is 30.0 Å². The maximum atomic E-state index is 10.9. The van der Waals surface area contributed by atoms with E-state index in [-0.39, 0.29) is 18.3 Å². The summed E-state index contributed by atoms with van der Waals surface area (Å²) >= 11 is 0. The molecule has 0 radical (unpaired) electrons. The summed E-state index contributed by atoms with van der Waals surface area (Å²) in [6, 6.07) is 0. The van der Waals surface area contributed by atoms with Gasteiger partial charge in [0.05, 0.1) is 12.2 Å². The maximum Gasteiger partial charge on any atom is 0.407 e. The molecule has 0 aliphatic carbocycles. The Bertz CT molecular complexity index is 146. The van der Waals surface area contributed by atoms with Gasteiger partial charge in [-0.1, -0.05) is 0 Å². The van der Waals surface area contributed by atoms with Crippen molar-refractivity contribution in [1.82, 2.24) is 5.32 Å². The third kappa shape index (κ3) is 9.14. The van der Waals surface area contributed by atoms with Crippen molar-refractivity contribution in [3.05, 3.63) is 0 Å². The van der Waals surface area contributed by atoms with E-state index in [0.29, 0.717) is 13.0 Å². The summed E-state index contributed by atoms with van der Waals surface area (Å²) in [6.45, 7) is 5.88. The van der Waals surface area contributed by atoms with Crippen molar-refractivity contribution in [2.24, 2.45) is 0 Å². The number of aliphatic hydroxyl groups excluding tert-OH is 1. The molecule has 0 fully saturated rings. The average Bonchev–Trinajstić information content (AvgIpc) is 1.96. The highest BCUT2D eigenvalue weighted by Gasteiger charge is 2.03. The van der Waals surface area contributed by atoms with Crippen molar-refractivity contribution in [2.75, 3.05) is 6.54 Å². The van der Waals surface area contributed by atoms with Gasteiger partial charge >= 0.3 is 6.09 Å². The second kappa shape index (κ2) is 6.71.